The van der Waals surface area contributed by atoms with Crippen LogP contribution in [0.2, 0.25) is 0 Å². The third kappa shape index (κ3) is 4.59. The molecule has 6 nitrogen and oxygen atoms in total. The molecular weight excluding hydrogens is 370 g/mol. The van der Waals surface area contributed by atoms with E-state index < -0.39 is 12.0 Å². The van der Waals surface area contributed by atoms with E-state index in [9.17, 15) is 9.59 Å². The van der Waals surface area contributed by atoms with Gasteiger partial charge in [0.2, 0.25) is 5.91 Å². The maximum atomic E-state index is 12.3. The molecule has 1 atom stereocenters. The molecule has 0 unspecified atom stereocenters. The number of nitrogens with zero attached hydrogens (tertiary/aromatic N) is 2. The number of hydrogen-bond donors (Lipinski definition) is 1. The van der Waals surface area contributed by atoms with Gasteiger partial charge in [0, 0.05) is 6.42 Å². The molecule has 0 radical (unpaired) electrons. The van der Waals surface area contributed by atoms with Gasteiger partial charge in [-0.25, -0.2) is 14.8 Å². The average Bonchev–Trinajstić information content (AvgIpc) is 3.15. The highest BCUT2D eigenvalue weighted by molar-refractivity contribution is 8.00. The molecule has 1 amide bonds. The highest BCUT2D eigenvalue weighted by Gasteiger charge is 2.22. The number of thioether (sulfide) groups is 1. The summed E-state index contributed by atoms with van der Waals surface area (Å²) in [7, 11) is 1.32. The van der Waals surface area contributed by atoms with Gasteiger partial charge >= 0.3 is 5.97 Å². The van der Waals surface area contributed by atoms with E-state index in [4.69, 9.17) is 4.74 Å². The van der Waals surface area contributed by atoms with Crippen LogP contribution in [-0.4, -0.2) is 40.7 Å². The van der Waals surface area contributed by atoms with Gasteiger partial charge in [0.25, 0.3) is 0 Å². The van der Waals surface area contributed by atoms with Crippen LogP contribution in [0.25, 0.3) is 10.2 Å². The molecule has 0 saturated carbocycles. The Morgan fingerprint density at radius 2 is 2.04 bits per heavy atom. The minimum Gasteiger partial charge on any atom is -0.467 e. The molecule has 1 aromatic carbocycles. The molecule has 0 fully saturated rings. The lowest BCUT2D eigenvalue weighted by Gasteiger charge is -2.16. The van der Waals surface area contributed by atoms with Gasteiger partial charge in [0.1, 0.15) is 17.4 Å². The van der Waals surface area contributed by atoms with Gasteiger partial charge in [-0.3, -0.25) is 4.79 Å². The smallest absolute Gasteiger partial charge is 0.328 e. The van der Waals surface area contributed by atoms with Crippen molar-refractivity contribution in [1.82, 2.24) is 15.3 Å². The second-order valence-corrected chi connectivity index (χ2v) is 7.32. The third-order valence-electron chi connectivity index (χ3n) is 3.65. The molecule has 0 spiro atoms. The van der Waals surface area contributed by atoms with Crippen LogP contribution in [-0.2, 0) is 20.7 Å². The lowest BCUT2D eigenvalue weighted by atomic mass is 10.1. The molecule has 2 aromatic heterocycles. The molecule has 0 aliphatic carbocycles. The Hall–Kier alpha value is -2.45. The first-order valence-corrected chi connectivity index (χ1v) is 9.76. The van der Waals surface area contributed by atoms with E-state index in [1.54, 1.807) is 0 Å². The Balaban J connectivity index is 1.62. The van der Waals surface area contributed by atoms with E-state index in [1.165, 1.54) is 36.5 Å². The minimum atomic E-state index is -0.720. The summed E-state index contributed by atoms with van der Waals surface area (Å²) in [6, 6.07) is 10.7. The third-order valence-corrected chi connectivity index (χ3v) is 5.68. The molecule has 1 N–H and O–H groups in total. The molecule has 8 heteroatoms. The summed E-state index contributed by atoms with van der Waals surface area (Å²) in [5.41, 5.74) is 1.82. The molecule has 0 aliphatic heterocycles. The maximum absolute atomic E-state index is 12.3. The van der Waals surface area contributed by atoms with Gasteiger partial charge in [-0.05, 0) is 17.0 Å². The number of methoxy groups -OCH3 is 1. The monoisotopic (exact) mass is 387 g/mol. The number of benzene rings is 1. The number of thiophene rings is 1. The largest absolute Gasteiger partial charge is 0.467 e. The van der Waals surface area contributed by atoms with Crippen LogP contribution >= 0.6 is 23.1 Å². The van der Waals surface area contributed by atoms with E-state index in [1.807, 2.05) is 41.8 Å². The van der Waals surface area contributed by atoms with Crippen LogP contribution in [0.4, 0.5) is 0 Å². The first-order valence-electron chi connectivity index (χ1n) is 7.89. The molecule has 3 aromatic rings. The van der Waals surface area contributed by atoms with Gasteiger partial charge in [-0.2, -0.15) is 0 Å². The van der Waals surface area contributed by atoms with Crippen molar-refractivity contribution in [2.75, 3.05) is 12.9 Å². The molecular formula is C18H17N3O3S2. The quantitative estimate of drug-likeness (QED) is 0.381. The summed E-state index contributed by atoms with van der Waals surface area (Å²) < 4.78 is 5.77. The lowest BCUT2D eigenvalue weighted by Crippen LogP contribution is -2.43. The normalized spacial score (nSPS) is 11.9. The van der Waals surface area contributed by atoms with Gasteiger partial charge in [0.05, 0.1) is 23.1 Å². The zero-order valence-corrected chi connectivity index (χ0v) is 15.7. The predicted octanol–water partition coefficient (Wildman–Crippen LogP) is 2.68. The Bertz CT molecular complexity index is 899. The summed E-state index contributed by atoms with van der Waals surface area (Å²) >= 11 is 2.86. The predicted molar refractivity (Wildman–Crippen MR) is 102 cm³/mol. The van der Waals surface area contributed by atoms with Crippen LogP contribution in [0.15, 0.2) is 53.1 Å². The topological polar surface area (TPSA) is 81.2 Å². The van der Waals surface area contributed by atoms with Crippen LogP contribution in [0.3, 0.4) is 0 Å². The Morgan fingerprint density at radius 1 is 1.23 bits per heavy atom. The SMILES string of the molecule is COC(=O)[C@H](Cc1ccccc1)NC(=O)CSc1ncnc2ccsc12. The number of ether oxygens (including phenoxy) is 1. The average molecular weight is 387 g/mol. The number of esters is 1. The zero-order valence-electron chi connectivity index (χ0n) is 14.0. The van der Waals surface area contributed by atoms with Crippen molar-refractivity contribution >= 4 is 45.2 Å². The van der Waals surface area contributed by atoms with Crippen molar-refractivity contribution in [3.8, 4) is 0 Å². The number of carbonyl (C=O) groups excluding carboxylic acids is 2. The van der Waals surface area contributed by atoms with Crippen molar-refractivity contribution in [3.05, 3.63) is 53.7 Å². The fourth-order valence-corrected chi connectivity index (χ4v) is 4.18. The minimum absolute atomic E-state index is 0.159. The van der Waals surface area contributed by atoms with E-state index >= 15 is 0 Å². The fourth-order valence-electron chi connectivity index (χ4n) is 2.42. The Labute approximate surface area is 159 Å². The summed E-state index contributed by atoms with van der Waals surface area (Å²) in [6.07, 6.45) is 1.87. The number of carbonyl (C=O) groups is 2. The van der Waals surface area contributed by atoms with Crippen molar-refractivity contribution in [2.45, 2.75) is 17.5 Å². The van der Waals surface area contributed by atoms with Gasteiger partial charge < -0.3 is 10.1 Å². The maximum Gasteiger partial charge on any atom is 0.328 e. The van der Waals surface area contributed by atoms with Crippen LogP contribution in [0.5, 0.6) is 0 Å². The van der Waals surface area contributed by atoms with E-state index in [0.29, 0.717) is 6.42 Å². The van der Waals surface area contributed by atoms with Crippen LogP contribution in [0.1, 0.15) is 5.56 Å². The highest BCUT2D eigenvalue weighted by atomic mass is 32.2. The van der Waals surface area contributed by atoms with E-state index in [2.05, 4.69) is 15.3 Å². The van der Waals surface area contributed by atoms with Crippen molar-refractivity contribution in [2.24, 2.45) is 0 Å². The van der Waals surface area contributed by atoms with E-state index in [0.717, 1.165) is 20.8 Å². The van der Waals surface area contributed by atoms with Crippen molar-refractivity contribution < 1.29 is 14.3 Å². The number of aromatic nitrogens is 2. The molecule has 26 heavy (non-hydrogen) atoms. The first kappa shape index (κ1) is 18.3. The van der Waals surface area contributed by atoms with Crippen molar-refractivity contribution in [1.29, 1.82) is 0 Å². The molecule has 134 valence electrons. The molecule has 0 aliphatic rings. The summed E-state index contributed by atoms with van der Waals surface area (Å²) in [6.45, 7) is 0. The lowest BCUT2D eigenvalue weighted by molar-refractivity contribution is -0.144. The number of nitrogens with one attached hydrogen (secondary N) is 1. The number of amides is 1. The molecule has 2 heterocycles. The summed E-state index contributed by atoms with van der Waals surface area (Å²) in [5.74, 6) is -0.550. The second kappa shape index (κ2) is 8.77. The van der Waals surface area contributed by atoms with Crippen molar-refractivity contribution in [3.63, 3.8) is 0 Å². The second-order valence-electron chi connectivity index (χ2n) is 5.44. The fraction of sp³-hybridized carbons (Fsp3) is 0.222. The molecule has 0 bridgehead atoms. The highest BCUT2D eigenvalue weighted by Crippen LogP contribution is 2.28. The number of rotatable bonds is 7. The molecule has 3 rings (SSSR count). The van der Waals surface area contributed by atoms with Crippen LogP contribution in [0, 0.1) is 0 Å². The first-order chi connectivity index (χ1) is 12.7. The van der Waals surface area contributed by atoms with Gasteiger partial charge in [0.15, 0.2) is 0 Å². The van der Waals surface area contributed by atoms with Gasteiger partial charge in [-0.1, -0.05) is 42.1 Å². The van der Waals surface area contributed by atoms with E-state index in [-0.39, 0.29) is 11.7 Å². The zero-order chi connectivity index (χ0) is 18.4. The van der Waals surface area contributed by atoms with Crippen LogP contribution < -0.4 is 5.32 Å². The molecule has 0 saturated heterocycles. The number of fused-ring (bicyclic) bond motifs is 1. The summed E-state index contributed by atoms with van der Waals surface area (Å²) in [4.78, 5) is 32.8. The van der Waals surface area contributed by atoms with Gasteiger partial charge in [-0.15, -0.1) is 11.3 Å². The summed E-state index contributed by atoms with van der Waals surface area (Å²) in [5, 5.41) is 5.46. The Kier molecular flexibility index (Phi) is 6.19. The standard InChI is InChI=1S/C18H17N3O3S2/c1-24-18(23)14(9-12-5-3-2-4-6-12)21-15(22)10-26-17-16-13(7-8-25-16)19-11-20-17/h2-8,11,14H,9-10H2,1H3,(H,21,22)/t14-/m0/s1. The Morgan fingerprint density at radius 3 is 2.81 bits per heavy atom. The number of hydrogen-bond acceptors (Lipinski definition) is 7.